The van der Waals surface area contributed by atoms with Gasteiger partial charge in [-0.05, 0) is 0 Å². The molecule has 14 bridgehead atoms. The lowest BCUT2D eigenvalue weighted by Crippen LogP contribution is -2.69. The van der Waals surface area contributed by atoms with Gasteiger partial charge in [0.15, 0.2) is 44.0 Å². The molecular weight excluding hydrogens is 1320 g/mol. The number of rotatable bonds is 28. The van der Waals surface area contributed by atoms with Crippen molar-refractivity contribution >= 4 is 0 Å². The first-order valence-electron chi connectivity index (χ1n) is 33.7. The van der Waals surface area contributed by atoms with Gasteiger partial charge in [-0.1, -0.05) is 0 Å². The van der Waals surface area contributed by atoms with Gasteiger partial charge in [0.2, 0.25) is 0 Å². The SMILES string of the molecule is NCCNC[C@H]1O[C@@H]2O[C@H]3[C@H](O)[C@@H](O)[C@@H](O[C@H]4[C@H](O)[C@@H](O)[C@@H](O[C@H]5[C@H](O)[C@@H](O)[C@@H](O[C@H]6[C@H](O)[C@@H](O)[C@@H](O[C@H]7[C@H](O)[C@@H](O)[C@@H](O[C@H]8[C@H](O)[C@@H](O)[C@@H](O[C@H]1[C@H](O)[C@H]2O)O[C@@H]8CNCCN)O[C@@H]7CNCCN)O[C@@H]6CNCCN)O[C@@H]5CNCCN)O[C@@H]4CNCCN)O[C@@H]3CNCCN. The number of ether oxygens (including phenoxy) is 14. The molecule has 574 valence electrons. The highest BCUT2D eigenvalue weighted by Gasteiger charge is 2.60. The van der Waals surface area contributed by atoms with E-state index in [1.807, 2.05) is 0 Å². The number of aliphatic hydroxyl groups is 14. The Labute approximate surface area is 566 Å². The molecule has 0 spiro atoms. The summed E-state index contributed by atoms with van der Waals surface area (Å²) in [7, 11) is 0. The van der Waals surface area contributed by atoms with Crippen LogP contribution in [0, 0.1) is 0 Å². The van der Waals surface area contributed by atoms with Gasteiger partial charge in [0.05, 0.1) is 0 Å². The van der Waals surface area contributed by atoms with E-state index < -0.39 is 215 Å². The normalized spacial score (nSPS) is 46.1. The Bertz CT molecular complexity index is 1840. The fourth-order valence-corrected chi connectivity index (χ4v) is 13.0. The predicted octanol–water partition coefficient (Wildman–Crippen LogP) is -18.3. The second-order valence-electron chi connectivity index (χ2n) is 25.3. The van der Waals surface area contributed by atoms with E-state index in [9.17, 15) is 71.5 Å². The molecule has 0 unspecified atom stereocenters. The van der Waals surface area contributed by atoms with Crippen molar-refractivity contribution in [1.82, 2.24) is 37.2 Å². The highest BCUT2D eigenvalue weighted by Crippen LogP contribution is 2.39. The molecule has 42 nitrogen and oxygen atoms in total. The summed E-state index contributed by atoms with van der Waals surface area (Å²) in [5.41, 5.74) is 40.8. The summed E-state index contributed by atoms with van der Waals surface area (Å²) in [6.07, 6.45) is -62.3. The van der Waals surface area contributed by atoms with Gasteiger partial charge in [-0.15, -0.1) is 0 Å². The molecule has 0 aromatic rings. The average molecular weight is 1430 g/mol. The molecule has 0 aromatic heterocycles. The Balaban J connectivity index is 1.17. The highest BCUT2D eigenvalue weighted by atomic mass is 16.8. The van der Waals surface area contributed by atoms with Crippen molar-refractivity contribution in [3.8, 4) is 0 Å². The van der Waals surface area contributed by atoms with Crippen molar-refractivity contribution in [2.24, 2.45) is 40.1 Å². The molecule has 35 N–H and O–H groups in total. The summed E-state index contributed by atoms with van der Waals surface area (Å²) in [5.74, 6) is 0. The Kier molecular flexibility index (Phi) is 33.6. The van der Waals surface area contributed by atoms with E-state index in [4.69, 9.17) is 106 Å². The summed E-state index contributed by atoms with van der Waals surface area (Å²) in [6.45, 7) is 0.738. The standard InChI is InChI=1S/C56H112N14O28/c57-1-8-64-15-22-43-29(71)36(78)50(85-22)93-44-23(16-65-9-2-58)87-52(38(80)31(44)73)95-46-25(18-67-11-4-60)89-54(40(82)33(46)75)97-48-27(20-69-13-6-62)91-56(42(84)35(48)77)98-49-28(21-70-14-7-63)90-55(41(83)34(49)76)96-47-26(19-68-12-5-61)88-53(39(81)32(47)74)94-45-24(17-66-10-3-59)86-51(92-43)37(79)30(45)72/h22-56,64-84H,1-21,57-63H2/t22-,23-,24-,25-,26-,27-,28-,29-,30-,31-,32-,33-,34-,35-,36-,37-,38-,39-,40-,41-,42-,43-,44-,45-,46-,47-,48-,49-,50-,51-,52-,53-,54-,55-,56-/m1/s1. The van der Waals surface area contributed by atoms with E-state index in [0.29, 0.717) is 0 Å². The lowest BCUT2D eigenvalue weighted by molar-refractivity contribution is -0.392. The van der Waals surface area contributed by atoms with Crippen LogP contribution >= 0.6 is 0 Å². The van der Waals surface area contributed by atoms with Crippen LogP contribution in [0.4, 0.5) is 0 Å². The summed E-state index contributed by atoms with van der Waals surface area (Å²) < 4.78 is 88.1. The van der Waals surface area contributed by atoms with Crippen molar-refractivity contribution in [2.75, 3.05) is 137 Å². The van der Waals surface area contributed by atoms with Gasteiger partial charge in [0.1, 0.15) is 171 Å². The van der Waals surface area contributed by atoms with E-state index in [0.717, 1.165) is 0 Å². The van der Waals surface area contributed by atoms with Gasteiger partial charge in [0.25, 0.3) is 0 Å². The molecule has 21 saturated heterocycles. The molecule has 42 heteroatoms. The van der Waals surface area contributed by atoms with Crippen molar-refractivity contribution in [1.29, 1.82) is 0 Å². The fourth-order valence-electron chi connectivity index (χ4n) is 13.0. The third-order valence-corrected chi connectivity index (χ3v) is 18.2. The first-order chi connectivity index (χ1) is 47.2. The molecule has 0 radical (unpaired) electrons. The maximum Gasteiger partial charge on any atom is 0.187 e. The van der Waals surface area contributed by atoms with Crippen molar-refractivity contribution in [3.63, 3.8) is 0 Å². The Morgan fingerprint density at radius 1 is 0.173 bits per heavy atom. The number of hydrogen-bond acceptors (Lipinski definition) is 42. The minimum absolute atomic E-state index is 0.118. The van der Waals surface area contributed by atoms with Crippen LogP contribution in [-0.2, 0) is 66.3 Å². The first-order valence-corrected chi connectivity index (χ1v) is 33.7. The van der Waals surface area contributed by atoms with Gasteiger partial charge in [-0.2, -0.15) is 0 Å². The third kappa shape index (κ3) is 20.3. The van der Waals surface area contributed by atoms with Crippen LogP contribution < -0.4 is 77.4 Å². The van der Waals surface area contributed by atoms with Gasteiger partial charge >= 0.3 is 0 Å². The number of nitrogens with one attached hydrogen (secondary N) is 7. The summed E-state index contributed by atoms with van der Waals surface area (Å²) in [6, 6.07) is 0. The van der Waals surface area contributed by atoms with Gasteiger partial charge in [0, 0.05) is 137 Å². The van der Waals surface area contributed by atoms with Crippen molar-refractivity contribution in [3.05, 3.63) is 0 Å². The molecule has 21 fully saturated rings. The van der Waals surface area contributed by atoms with Crippen LogP contribution in [0.3, 0.4) is 0 Å². The van der Waals surface area contributed by atoms with Gasteiger partial charge < -0.3 is 215 Å². The maximum absolute atomic E-state index is 12.1. The van der Waals surface area contributed by atoms with Gasteiger partial charge in [-0.3, -0.25) is 0 Å². The molecular formula is C56H112N14O28. The zero-order valence-corrected chi connectivity index (χ0v) is 54.6. The van der Waals surface area contributed by atoms with E-state index in [1.54, 1.807) is 0 Å². The van der Waals surface area contributed by atoms with Crippen LogP contribution in [0.1, 0.15) is 0 Å². The van der Waals surface area contributed by atoms with Crippen LogP contribution in [0.15, 0.2) is 0 Å². The topological polar surface area (TPSA) is 679 Å². The zero-order chi connectivity index (χ0) is 70.9. The number of aliphatic hydroxyl groups excluding tert-OH is 14. The Hall–Kier alpha value is -1.68. The Morgan fingerprint density at radius 3 is 0.388 bits per heavy atom. The lowest BCUT2D eigenvalue weighted by Gasteiger charge is -2.50. The number of hydrogen-bond donors (Lipinski definition) is 28. The zero-order valence-electron chi connectivity index (χ0n) is 54.6. The smallest absolute Gasteiger partial charge is 0.187 e. The maximum atomic E-state index is 12.1. The summed E-state index contributed by atoms with van der Waals surface area (Å²) >= 11 is 0. The van der Waals surface area contributed by atoms with E-state index in [-0.39, 0.29) is 137 Å². The first kappa shape index (κ1) is 82.0. The largest absolute Gasteiger partial charge is 0.387 e. The summed E-state index contributed by atoms with van der Waals surface area (Å²) in [4.78, 5) is 0. The molecule has 0 aromatic carbocycles. The van der Waals surface area contributed by atoms with E-state index >= 15 is 0 Å². The quantitative estimate of drug-likeness (QED) is 0.0324. The molecule has 21 heterocycles. The van der Waals surface area contributed by atoms with Gasteiger partial charge in [-0.25, -0.2) is 0 Å². The summed E-state index contributed by atoms with van der Waals surface area (Å²) in [5, 5.41) is 189. The monoisotopic (exact) mass is 1430 g/mol. The number of nitrogens with two attached hydrogens (primary N) is 7. The van der Waals surface area contributed by atoms with Crippen LogP contribution in [-0.4, -0.2) is 424 Å². The average Bonchev–Trinajstić information content (AvgIpc) is 0.779. The van der Waals surface area contributed by atoms with Crippen LogP contribution in [0.25, 0.3) is 0 Å². The second-order valence-corrected chi connectivity index (χ2v) is 25.3. The van der Waals surface area contributed by atoms with Crippen molar-refractivity contribution in [2.45, 2.75) is 215 Å². The molecule has 0 aliphatic carbocycles. The molecule has 35 atom stereocenters. The van der Waals surface area contributed by atoms with Crippen LogP contribution in [0.5, 0.6) is 0 Å². The Morgan fingerprint density at radius 2 is 0.286 bits per heavy atom. The van der Waals surface area contributed by atoms with Crippen molar-refractivity contribution < 1.29 is 138 Å². The van der Waals surface area contributed by atoms with Crippen LogP contribution in [0.2, 0.25) is 0 Å². The fraction of sp³-hybridized carbons (Fsp3) is 1.00. The molecule has 21 rings (SSSR count). The minimum Gasteiger partial charge on any atom is -0.387 e. The van der Waals surface area contributed by atoms with E-state index in [2.05, 4.69) is 37.2 Å². The third-order valence-electron chi connectivity index (χ3n) is 18.2. The molecule has 21 aliphatic rings. The molecule has 98 heavy (non-hydrogen) atoms. The molecule has 21 aliphatic heterocycles. The predicted molar refractivity (Wildman–Crippen MR) is 332 cm³/mol. The lowest BCUT2D eigenvalue weighted by atomic mass is 9.94. The second kappa shape index (κ2) is 40.2. The minimum atomic E-state index is -2.06. The highest BCUT2D eigenvalue weighted by molar-refractivity contribution is 5.03. The van der Waals surface area contributed by atoms with E-state index in [1.165, 1.54) is 0 Å². The molecule has 0 amide bonds. The molecule has 0 saturated carbocycles.